The van der Waals surface area contributed by atoms with Crippen LogP contribution in [0.5, 0.6) is 5.75 Å². The largest absolute Gasteiger partial charge is 0.494 e. The minimum Gasteiger partial charge on any atom is -0.494 e. The first-order valence-corrected chi connectivity index (χ1v) is 8.86. The van der Waals surface area contributed by atoms with Gasteiger partial charge >= 0.3 is 0 Å². The molecule has 7 heteroatoms. The Balaban J connectivity index is 1.49. The number of aromatic nitrogens is 3. The maximum absolute atomic E-state index is 12.5. The van der Waals surface area contributed by atoms with Crippen LogP contribution < -0.4 is 10.1 Å². The van der Waals surface area contributed by atoms with Crippen LogP contribution in [0.25, 0.3) is 10.2 Å². The van der Waals surface area contributed by atoms with Gasteiger partial charge in [0.15, 0.2) is 5.13 Å². The van der Waals surface area contributed by atoms with Gasteiger partial charge in [-0.3, -0.25) is 14.8 Å². The van der Waals surface area contributed by atoms with E-state index < -0.39 is 0 Å². The fraction of sp³-hybridized carbons (Fsp3) is 0.105. The molecule has 6 nitrogen and oxygen atoms in total. The minimum absolute atomic E-state index is 0.186. The Morgan fingerprint density at radius 1 is 1.19 bits per heavy atom. The number of hydrogen-bond donors (Lipinski definition) is 1. The Labute approximate surface area is 154 Å². The molecule has 0 radical (unpaired) electrons. The van der Waals surface area contributed by atoms with Crippen LogP contribution in [0.2, 0.25) is 0 Å². The van der Waals surface area contributed by atoms with Gasteiger partial charge in [-0.2, -0.15) is 5.10 Å². The number of hydrogen-bond acceptors (Lipinski definition) is 5. The molecular formula is C19H16N4O2S. The van der Waals surface area contributed by atoms with Crippen molar-refractivity contribution < 1.29 is 9.53 Å². The number of amides is 1. The molecule has 4 rings (SSSR count). The summed E-state index contributed by atoms with van der Waals surface area (Å²) in [5.41, 5.74) is 2.42. The number of fused-ring (bicyclic) bond motifs is 1. The predicted octanol–water partition coefficient (Wildman–Crippen LogP) is 3.80. The van der Waals surface area contributed by atoms with Crippen molar-refractivity contribution in [2.45, 2.75) is 6.54 Å². The van der Waals surface area contributed by atoms with Crippen LogP contribution in [0.3, 0.4) is 0 Å². The predicted molar refractivity (Wildman–Crippen MR) is 102 cm³/mol. The zero-order valence-electron chi connectivity index (χ0n) is 14.0. The van der Waals surface area contributed by atoms with Crippen LogP contribution in [0.1, 0.15) is 15.9 Å². The molecule has 1 amide bonds. The van der Waals surface area contributed by atoms with Gasteiger partial charge < -0.3 is 4.74 Å². The fourth-order valence-corrected chi connectivity index (χ4v) is 3.53. The van der Waals surface area contributed by atoms with E-state index in [2.05, 4.69) is 15.4 Å². The third-order valence-electron chi connectivity index (χ3n) is 3.94. The molecule has 0 saturated heterocycles. The quantitative estimate of drug-likeness (QED) is 0.585. The number of anilines is 1. The maximum Gasteiger partial charge on any atom is 0.257 e. The van der Waals surface area contributed by atoms with E-state index in [9.17, 15) is 4.79 Å². The fourth-order valence-electron chi connectivity index (χ4n) is 2.65. The highest BCUT2D eigenvalue weighted by atomic mass is 32.1. The Bertz CT molecular complexity index is 1040. The summed E-state index contributed by atoms with van der Waals surface area (Å²) in [6.45, 7) is 0.673. The maximum atomic E-state index is 12.5. The molecule has 2 aromatic heterocycles. The van der Waals surface area contributed by atoms with E-state index >= 15 is 0 Å². The molecule has 0 aliphatic heterocycles. The molecule has 0 aliphatic carbocycles. The first kappa shape index (κ1) is 16.3. The average molecular weight is 364 g/mol. The summed E-state index contributed by atoms with van der Waals surface area (Å²) >= 11 is 1.42. The van der Waals surface area contributed by atoms with Gasteiger partial charge in [0.05, 0.1) is 18.4 Å². The molecule has 2 aromatic carbocycles. The van der Waals surface area contributed by atoms with Gasteiger partial charge in [0.2, 0.25) is 0 Å². The minimum atomic E-state index is -0.186. The normalized spacial score (nSPS) is 10.8. The van der Waals surface area contributed by atoms with Crippen molar-refractivity contribution in [3.8, 4) is 5.75 Å². The molecule has 0 fully saturated rings. The number of ether oxygens (including phenoxy) is 1. The van der Waals surface area contributed by atoms with Gasteiger partial charge in [-0.25, -0.2) is 4.98 Å². The number of nitrogens with one attached hydrogen (secondary N) is 1. The first-order chi connectivity index (χ1) is 12.7. The van der Waals surface area contributed by atoms with E-state index in [1.807, 2.05) is 59.4 Å². The number of para-hydroxylation sites is 1. The highest BCUT2D eigenvalue weighted by Crippen LogP contribution is 2.32. The molecule has 0 bridgehead atoms. The highest BCUT2D eigenvalue weighted by molar-refractivity contribution is 7.22. The lowest BCUT2D eigenvalue weighted by molar-refractivity contribution is 0.102. The zero-order chi connectivity index (χ0) is 17.9. The third kappa shape index (κ3) is 3.29. The van der Waals surface area contributed by atoms with Crippen molar-refractivity contribution in [2.75, 3.05) is 12.4 Å². The van der Waals surface area contributed by atoms with Gasteiger partial charge in [-0.1, -0.05) is 29.5 Å². The van der Waals surface area contributed by atoms with E-state index in [-0.39, 0.29) is 5.91 Å². The smallest absolute Gasteiger partial charge is 0.257 e. The van der Waals surface area contributed by atoms with Crippen LogP contribution in [-0.2, 0) is 6.54 Å². The molecular weight excluding hydrogens is 348 g/mol. The van der Waals surface area contributed by atoms with Gasteiger partial charge in [-0.05, 0) is 35.9 Å². The molecule has 4 aromatic rings. The van der Waals surface area contributed by atoms with Crippen molar-refractivity contribution in [1.82, 2.24) is 14.8 Å². The van der Waals surface area contributed by atoms with Crippen LogP contribution >= 0.6 is 11.3 Å². The zero-order valence-corrected chi connectivity index (χ0v) is 14.9. The van der Waals surface area contributed by atoms with E-state index in [1.54, 1.807) is 13.3 Å². The Morgan fingerprint density at radius 3 is 2.77 bits per heavy atom. The van der Waals surface area contributed by atoms with Gasteiger partial charge in [-0.15, -0.1) is 0 Å². The summed E-state index contributed by atoms with van der Waals surface area (Å²) < 4.78 is 8.11. The second-order valence-corrected chi connectivity index (χ2v) is 6.71. The second-order valence-electron chi connectivity index (χ2n) is 5.68. The molecule has 0 aliphatic rings. The monoisotopic (exact) mass is 364 g/mol. The number of carbonyl (C=O) groups excluding carboxylic acids is 1. The van der Waals surface area contributed by atoms with Crippen molar-refractivity contribution in [2.24, 2.45) is 0 Å². The first-order valence-electron chi connectivity index (χ1n) is 8.04. The number of nitrogens with zero attached hydrogens (tertiary/aromatic N) is 3. The van der Waals surface area contributed by atoms with E-state index in [0.717, 1.165) is 15.8 Å². The van der Waals surface area contributed by atoms with Crippen molar-refractivity contribution in [1.29, 1.82) is 0 Å². The second kappa shape index (κ2) is 6.97. The van der Waals surface area contributed by atoms with E-state index in [4.69, 9.17) is 4.74 Å². The SMILES string of the molecule is COc1cccc2sc(NC(=O)c3ccc(Cn4cccn4)cc3)nc12. The molecule has 0 spiro atoms. The van der Waals surface area contributed by atoms with Crippen LogP contribution in [-0.4, -0.2) is 27.8 Å². The van der Waals surface area contributed by atoms with Gasteiger partial charge in [0.25, 0.3) is 5.91 Å². The highest BCUT2D eigenvalue weighted by Gasteiger charge is 2.12. The van der Waals surface area contributed by atoms with Crippen molar-refractivity contribution >= 4 is 32.6 Å². The standard InChI is InChI=1S/C19H16N4O2S/c1-25-15-4-2-5-16-17(15)21-19(26-16)22-18(24)14-8-6-13(7-9-14)12-23-11-3-10-20-23/h2-11H,12H2,1H3,(H,21,22,24). The number of methoxy groups -OCH3 is 1. The molecule has 1 N–H and O–H groups in total. The number of benzene rings is 2. The molecule has 2 heterocycles. The Hall–Kier alpha value is -3.19. The number of thiazole rings is 1. The molecule has 0 atom stereocenters. The molecule has 130 valence electrons. The lowest BCUT2D eigenvalue weighted by atomic mass is 10.1. The summed E-state index contributed by atoms with van der Waals surface area (Å²) in [5.74, 6) is 0.510. The topological polar surface area (TPSA) is 69.0 Å². The van der Waals surface area contributed by atoms with Gasteiger partial charge in [0.1, 0.15) is 11.3 Å². The van der Waals surface area contributed by atoms with E-state index in [0.29, 0.717) is 23.0 Å². The van der Waals surface area contributed by atoms with Crippen molar-refractivity contribution in [3.05, 3.63) is 72.1 Å². The lowest BCUT2D eigenvalue weighted by Crippen LogP contribution is -2.11. The third-order valence-corrected chi connectivity index (χ3v) is 4.88. The molecule has 0 saturated carbocycles. The van der Waals surface area contributed by atoms with E-state index in [1.165, 1.54) is 11.3 Å². The number of rotatable bonds is 5. The van der Waals surface area contributed by atoms with Crippen LogP contribution in [0.4, 0.5) is 5.13 Å². The molecule has 0 unspecified atom stereocenters. The summed E-state index contributed by atoms with van der Waals surface area (Å²) in [6.07, 6.45) is 3.65. The van der Waals surface area contributed by atoms with Gasteiger partial charge in [0, 0.05) is 18.0 Å². The summed E-state index contributed by atoms with van der Waals surface area (Å²) in [6, 6.07) is 15.1. The Kier molecular flexibility index (Phi) is 4.37. The van der Waals surface area contributed by atoms with Crippen LogP contribution in [0, 0.1) is 0 Å². The van der Waals surface area contributed by atoms with Crippen molar-refractivity contribution in [3.63, 3.8) is 0 Å². The molecule has 26 heavy (non-hydrogen) atoms. The Morgan fingerprint density at radius 2 is 2.04 bits per heavy atom. The average Bonchev–Trinajstić information content (AvgIpc) is 3.31. The van der Waals surface area contributed by atoms with Crippen LogP contribution in [0.15, 0.2) is 60.9 Å². The lowest BCUT2D eigenvalue weighted by Gasteiger charge is -2.05. The summed E-state index contributed by atoms with van der Waals surface area (Å²) in [5, 5.41) is 7.59. The summed E-state index contributed by atoms with van der Waals surface area (Å²) in [7, 11) is 1.61. The summed E-state index contributed by atoms with van der Waals surface area (Å²) in [4.78, 5) is 16.9. The number of carbonyl (C=O) groups is 1.